The van der Waals surface area contributed by atoms with E-state index in [4.69, 9.17) is 0 Å². The quantitative estimate of drug-likeness (QED) is 0.818. The highest BCUT2D eigenvalue weighted by Crippen LogP contribution is 2.29. The third-order valence-corrected chi connectivity index (χ3v) is 3.64. The first-order valence-electron chi connectivity index (χ1n) is 7.17. The monoisotopic (exact) mass is 264 g/mol. The van der Waals surface area contributed by atoms with Crippen LogP contribution in [0.5, 0.6) is 0 Å². The third kappa shape index (κ3) is 4.06. The lowest BCUT2D eigenvalue weighted by Gasteiger charge is -2.22. The van der Waals surface area contributed by atoms with Gasteiger partial charge in [-0.25, -0.2) is 4.98 Å². The van der Waals surface area contributed by atoms with Gasteiger partial charge in [0.2, 0.25) is 5.91 Å². The highest BCUT2D eigenvalue weighted by atomic mass is 16.1. The van der Waals surface area contributed by atoms with Crippen molar-refractivity contribution in [2.24, 2.45) is 0 Å². The summed E-state index contributed by atoms with van der Waals surface area (Å²) in [7, 11) is 0. The topological polar surface area (TPSA) is 59.0 Å². The van der Waals surface area contributed by atoms with Gasteiger partial charge in [0.15, 0.2) is 0 Å². The van der Waals surface area contributed by atoms with E-state index in [1.165, 1.54) is 0 Å². The molecule has 5 heteroatoms. The van der Waals surface area contributed by atoms with Crippen LogP contribution in [0.1, 0.15) is 45.6 Å². The Hall–Kier alpha value is -1.36. The van der Waals surface area contributed by atoms with E-state index in [2.05, 4.69) is 34.0 Å². The number of hydrogen-bond acceptors (Lipinski definition) is 3. The lowest BCUT2D eigenvalue weighted by atomic mass is 10.1. The van der Waals surface area contributed by atoms with E-state index in [1.807, 2.05) is 12.5 Å². The average molecular weight is 264 g/mol. The molecule has 1 aliphatic rings. The van der Waals surface area contributed by atoms with E-state index in [0.29, 0.717) is 18.5 Å². The van der Waals surface area contributed by atoms with Crippen molar-refractivity contribution in [2.75, 3.05) is 6.54 Å². The maximum atomic E-state index is 11.9. The van der Waals surface area contributed by atoms with Crippen LogP contribution in [0.3, 0.4) is 0 Å². The van der Waals surface area contributed by atoms with Crippen molar-refractivity contribution < 1.29 is 4.79 Å². The molecule has 0 bridgehead atoms. The highest BCUT2D eigenvalue weighted by molar-refractivity contribution is 5.76. The van der Waals surface area contributed by atoms with Gasteiger partial charge in [-0.15, -0.1) is 0 Å². The molecule has 0 aliphatic heterocycles. The van der Waals surface area contributed by atoms with Crippen LogP contribution in [0.25, 0.3) is 0 Å². The minimum atomic E-state index is 0.144. The molecule has 1 aromatic heterocycles. The van der Waals surface area contributed by atoms with Crippen LogP contribution in [-0.2, 0) is 4.79 Å². The van der Waals surface area contributed by atoms with E-state index in [0.717, 1.165) is 25.8 Å². The Bertz CT molecular complexity index is 388. The van der Waals surface area contributed by atoms with Crippen LogP contribution in [0.4, 0.5) is 0 Å². The average Bonchev–Trinajstić information content (AvgIpc) is 2.97. The van der Waals surface area contributed by atoms with Gasteiger partial charge in [-0.1, -0.05) is 13.8 Å². The Labute approximate surface area is 114 Å². The van der Waals surface area contributed by atoms with E-state index < -0.39 is 0 Å². The smallest absolute Gasteiger partial charge is 0.221 e. The molecule has 0 radical (unpaired) electrons. The predicted octanol–water partition coefficient (Wildman–Crippen LogP) is 1.48. The SMILES string of the molecule is CC(C)NCCC(=O)NC1CCCC1n1ccnc1. The molecule has 0 saturated heterocycles. The molecule has 2 rings (SSSR count). The largest absolute Gasteiger partial charge is 0.351 e. The lowest BCUT2D eigenvalue weighted by molar-refractivity contribution is -0.121. The van der Waals surface area contributed by atoms with Crippen molar-refractivity contribution in [2.45, 2.75) is 57.7 Å². The number of amides is 1. The van der Waals surface area contributed by atoms with Gasteiger partial charge < -0.3 is 15.2 Å². The molecule has 106 valence electrons. The second-order valence-electron chi connectivity index (χ2n) is 5.54. The Morgan fingerprint density at radius 3 is 3.00 bits per heavy atom. The minimum Gasteiger partial charge on any atom is -0.351 e. The second-order valence-corrected chi connectivity index (χ2v) is 5.54. The fourth-order valence-electron chi connectivity index (χ4n) is 2.68. The zero-order valence-electron chi connectivity index (χ0n) is 11.8. The fourth-order valence-corrected chi connectivity index (χ4v) is 2.68. The Balaban J connectivity index is 1.79. The molecule has 1 aliphatic carbocycles. The van der Waals surface area contributed by atoms with Crippen LogP contribution >= 0.6 is 0 Å². The molecule has 2 N–H and O–H groups in total. The molecular weight excluding hydrogens is 240 g/mol. The maximum Gasteiger partial charge on any atom is 0.221 e. The standard InChI is InChI=1S/C14H24N4O/c1-11(2)16-7-6-14(19)17-12-4-3-5-13(12)18-9-8-15-10-18/h8-13,16H,3-7H2,1-2H3,(H,17,19). The summed E-state index contributed by atoms with van der Waals surface area (Å²) in [6.07, 6.45) is 9.51. The van der Waals surface area contributed by atoms with Crippen LogP contribution in [0.2, 0.25) is 0 Å². The first-order chi connectivity index (χ1) is 9.16. The van der Waals surface area contributed by atoms with E-state index >= 15 is 0 Å². The number of nitrogens with zero attached hydrogens (tertiary/aromatic N) is 2. The summed E-state index contributed by atoms with van der Waals surface area (Å²) in [5, 5.41) is 6.43. The molecule has 0 spiro atoms. The molecule has 1 heterocycles. The summed E-state index contributed by atoms with van der Waals surface area (Å²) in [6.45, 7) is 4.92. The van der Waals surface area contributed by atoms with Crippen molar-refractivity contribution in [1.82, 2.24) is 20.2 Å². The van der Waals surface area contributed by atoms with Crippen molar-refractivity contribution in [3.8, 4) is 0 Å². The van der Waals surface area contributed by atoms with Gasteiger partial charge in [-0.3, -0.25) is 4.79 Å². The van der Waals surface area contributed by atoms with Crippen LogP contribution < -0.4 is 10.6 Å². The molecule has 1 fully saturated rings. The number of rotatable bonds is 6. The summed E-state index contributed by atoms with van der Waals surface area (Å²) < 4.78 is 2.12. The number of nitrogens with one attached hydrogen (secondary N) is 2. The van der Waals surface area contributed by atoms with Crippen molar-refractivity contribution in [3.63, 3.8) is 0 Å². The molecule has 2 unspecified atom stereocenters. The molecular formula is C14H24N4O. The van der Waals surface area contributed by atoms with Gasteiger partial charge >= 0.3 is 0 Å². The van der Waals surface area contributed by atoms with Gasteiger partial charge in [0.25, 0.3) is 0 Å². The summed E-state index contributed by atoms with van der Waals surface area (Å²) in [6, 6.07) is 1.04. The van der Waals surface area contributed by atoms with Crippen LogP contribution in [-0.4, -0.2) is 34.1 Å². The normalized spacial score (nSPS) is 22.9. The lowest BCUT2D eigenvalue weighted by Crippen LogP contribution is -2.39. The van der Waals surface area contributed by atoms with E-state index in [9.17, 15) is 4.79 Å². The Kier molecular flexibility index (Phi) is 4.96. The van der Waals surface area contributed by atoms with Crippen LogP contribution in [0.15, 0.2) is 18.7 Å². The van der Waals surface area contributed by atoms with Crippen LogP contribution in [0, 0.1) is 0 Å². The highest BCUT2D eigenvalue weighted by Gasteiger charge is 2.29. The van der Waals surface area contributed by atoms with Gasteiger partial charge in [0, 0.05) is 37.4 Å². The summed E-state index contributed by atoms with van der Waals surface area (Å²) in [5.41, 5.74) is 0. The van der Waals surface area contributed by atoms with Gasteiger partial charge in [-0.05, 0) is 19.3 Å². The minimum absolute atomic E-state index is 0.144. The number of aromatic nitrogens is 2. The van der Waals surface area contributed by atoms with Crippen molar-refractivity contribution >= 4 is 5.91 Å². The summed E-state index contributed by atoms with van der Waals surface area (Å²) in [4.78, 5) is 16.0. The molecule has 1 saturated carbocycles. The zero-order valence-corrected chi connectivity index (χ0v) is 11.8. The van der Waals surface area contributed by atoms with Gasteiger partial charge in [0.1, 0.15) is 0 Å². The molecule has 5 nitrogen and oxygen atoms in total. The number of carbonyl (C=O) groups is 1. The number of hydrogen-bond donors (Lipinski definition) is 2. The van der Waals surface area contributed by atoms with Gasteiger partial charge in [0.05, 0.1) is 12.4 Å². The molecule has 0 aromatic carbocycles. The predicted molar refractivity (Wildman–Crippen MR) is 74.8 cm³/mol. The number of carbonyl (C=O) groups excluding carboxylic acids is 1. The van der Waals surface area contributed by atoms with E-state index in [-0.39, 0.29) is 11.9 Å². The first kappa shape index (κ1) is 14.1. The summed E-state index contributed by atoms with van der Waals surface area (Å²) in [5.74, 6) is 0.144. The first-order valence-corrected chi connectivity index (χ1v) is 7.17. The van der Waals surface area contributed by atoms with E-state index in [1.54, 1.807) is 6.20 Å². The van der Waals surface area contributed by atoms with Gasteiger partial charge in [-0.2, -0.15) is 0 Å². The zero-order chi connectivity index (χ0) is 13.7. The third-order valence-electron chi connectivity index (χ3n) is 3.64. The van der Waals surface area contributed by atoms with Crippen molar-refractivity contribution in [3.05, 3.63) is 18.7 Å². The molecule has 19 heavy (non-hydrogen) atoms. The summed E-state index contributed by atoms with van der Waals surface area (Å²) >= 11 is 0. The Morgan fingerprint density at radius 1 is 1.47 bits per heavy atom. The molecule has 1 aromatic rings. The van der Waals surface area contributed by atoms with Crippen molar-refractivity contribution in [1.29, 1.82) is 0 Å². The molecule has 1 amide bonds. The number of imidazole rings is 1. The molecule has 2 atom stereocenters. The maximum absolute atomic E-state index is 11.9. The Morgan fingerprint density at radius 2 is 2.32 bits per heavy atom. The second kappa shape index (κ2) is 6.70. The fraction of sp³-hybridized carbons (Fsp3) is 0.714.